The van der Waals surface area contributed by atoms with Crippen molar-refractivity contribution in [2.45, 2.75) is 98.6 Å². The third-order valence-corrected chi connectivity index (χ3v) is 9.89. The lowest BCUT2D eigenvalue weighted by Gasteiger charge is -2.53. The smallest absolute Gasteiger partial charge is 0.394 e. The van der Waals surface area contributed by atoms with Gasteiger partial charge in [0.15, 0.2) is 17.5 Å². The van der Waals surface area contributed by atoms with Gasteiger partial charge in [0.05, 0.1) is 40.4 Å². The molecular weight excluding hydrogens is 656 g/mol. The molecule has 16 heteroatoms. The van der Waals surface area contributed by atoms with E-state index in [-0.39, 0.29) is 29.7 Å². The summed E-state index contributed by atoms with van der Waals surface area (Å²) in [5.74, 6) is -4.66. The molecule has 3 heterocycles. The van der Waals surface area contributed by atoms with Crippen molar-refractivity contribution in [1.29, 1.82) is 0 Å². The zero-order chi connectivity index (χ0) is 34.7. The number of rotatable bonds is 7. The van der Waals surface area contributed by atoms with Crippen LogP contribution in [0.2, 0.25) is 0 Å². The Bertz CT molecular complexity index is 1560. The first-order chi connectivity index (χ1) is 21.7. The molecule has 47 heavy (non-hydrogen) atoms. The number of alkyl halides is 3. The molecule has 0 saturated carbocycles. The van der Waals surface area contributed by atoms with Crippen LogP contribution in [-0.2, 0) is 15.7 Å². The maximum Gasteiger partial charge on any atom is 0.416 e. The Balaban J connectivity index is 1.56. The van der Waals surface area contributed by atoms with Crippen LogP contribution in [0.3, 0.4) is 0 Å². The van der Waals surface area contributed by atoms with Crippen LogP contribution in [0.5, 0.6) is 0 Å². The van der Waals surface area contributed by atoms with Crippen LogP contribution in [0.25, 0.3) is 11.3 Å². The van der Waals surface area contributed by atoms with E-state index in [0.29, 0.717) is 23.9 Å². The maximum atomic E-state index is 14.4. The Labute approximate surface area is 270 Å². The molecule has 0 bridgehead atoms. The fourth-order valence-electron chi connectivity index (χ4n) is 6.90. The molecule has 0 amide bonds. The molecule has 3 aromatic rings. The second kappa shape index (κ2) is 12.6. The van der Waals surface area contributed by atoms with Crippen molar-refractivity contribution in [1.82, 2.24) is 15.0 Å². The molecule has 6 atom stereocenters. The maximum absolute atomic E-state index is 14.4. The number of aliphatic hydroxyl groups excluding tert-OH is 3. The van der Waals surface area contributed by atoms with Crippen LogP contribution in [0.15, 0.2) is 42.6 Å². The summed E-state index contributed by atoms with van der Waals surface area (Å²) in [4.78, 5) is 0. The molecule has 2 fully saturated rings. The average Bonchev–Trinajstić information content (AvgIpc) is 3.43. The number of hydrogen-bond donors (Lipinski definition) is 4. The quantitative estimate of drug-likeness (QED) is 0.201. The molecule has 9 nitrogen and oxygen atoms in total. The molecule has 0 spiro atoms. The minimum Gasteiger partial charge on any atom is -0.394 e. The number of thioether (sulfide) groups is 1. The molecule has 5 rings (SSSR count). The van der Waals surface area contributed by atoms with E-state index in [9.17, 15) is 46.8 Å². The molecule has 2 aliphatic rings. The van der Waals surface area contributed by atoms with Crippen molar-refractivity contribution in [3.63, 3.8) is 0 Å². The summed E-state index contributed by atoms with van der Waals surface area (Å²) in [5.41, 5.74) is -6.90. The van der Waals surface area contributed by atoms with Crippen LogP contribution in [0.1, 0.15) is 63.0 Å². The SMILES string of the molecule is CC1(C)CC(O)([C@H](S[C@@H]2O[C@H](CO)[C@H](O)[C@H](n3cc(-c4cc(F)c(F)c(F)c4)nn3)[C@H]2O)c2ccccc2C(F)(F)F)CC(C)(C)O1. The van der Waals surface area contributed by atoms with Gasteiger partial charge >= 0.3 is 6.18 Å². The van der Waals surface area contributed by atoms with Crippen molar-refractivity contribution in [3.05, 3.63) is 71.2 Å². The molecule has 2 aromatic carbocycles. The molecule has 258 valence electrons. The second-order valence-corrected chi connectivity index (χ2v) is 14.4. The lowest BCUT2D eigenvalue weighted by Crippen LogP contribution is -2.58. The summed E-state index contributed by atoms with van der Waals surface area (Å²) in [5, 5.41) is 51.4. The van der Waals surface area contributed by atoms with Gasteiger partial charge in [0.1, 0.15) is 35.5 Å². The van der Waals surface area contributed by atoms with E-state index in [1.165, 1.54) is 18.2 Å². The van der Waals surface area contributed by atoms with Gasteiger partial charge in [0.2, 0.25) is 0 Å². The van der Waals surface area contributed by atoms with E-state index in [2.05, 4.69) is 10.3 Å². The number of nitrogens with zero attached hydrogens (tertiary/aromatic N) is 3. The van der Waals surface area contributed by atoms with Crippen LogP contribution < -0.4 is 0 Å². The van der Waals surface area contributed by atoms with Crippen molar-refractivity contribution < 1.29 is 56.2 Å². The first kappa shape index (κ1) is 35.6. The van der Waals surface area contributed by atoms with Crippen molar-refractivity contribution in [3.8, 4) is 11.3 Å². The minimum atomic E-state index is -4.81. The van der Waals surface area contributed by atoms with Gasteiger partial charge in [-0.3, -0.25) is 0 Å². The molecule has 4 N–H and O–H groups in total. The van der Waals surface area contributed by atoms with Crippen molar-refractivity contribution >= 4 is 11.8 Å². The van der Waals surface area contributed by atoms with Gasteiger partial charge < -0.3 is 29.9 Å². The standard InChI is InChI=1S/C31H35F6N3O6S/c1-28(2)13-30(44,14-29(3,4)46-28)26(16-7-5-6-8-17(16)31(35,36)37)47-27-25(43)23(24(42)21(12-41)45-27)40-11-20(38-39-40)15-9-18(32)22(34)19(33)10-15/h5-11,21,23-27,41-44H,12-14H2,1-4H3/t21-,23+,24+,25-,26-,27+/m1/s1. The zero-order valence-electron chi connectivity index (χ0n) is 25.7. The fraction of sp³-hybridized carbons (Fsp3) is 0.548. The van der Waals surface area contributed by atoms with E-state index in [1.54, 1.807) is 27.7 Å². The fourth-order valence-corrected chi connectivity index (χ4v) is 8.47. The number of aliphatic hydroxyl groups is 4. The lowest BCUT2D eigenvalue weighted by molar-refractivity contribution is -0.220. The Morgan fingerprint density at radius 3 is 2.17 bits per heavy atom. The van der Waals surface area contributed by atoms with Gasteiger partial charge in [-0.2, -0.15) is 13.2 Å². The highest BCUT2D eigenvalue weighted by Crippen LogP contribution is 2.55. The highest BCUT2D eigenvalue weighted by Gasteiger charge is 2.56. The van der Waals surface area contributed by atoms with Gasteiger partial charge in [-0.05, 0) is 51.5 Å². The Kier molecular flexibility index (Phi) is 9.55. The van der Waals surface area contributed by atoms with Crippen LogP contribution >= 0.6 is 11.8 Å². The lowest BCUT2D eigenvalue weighted by atomic mass is 9.73. The minimum absolute atomic E-state index is 0.0944. The summed E-state index contributed by atoms with van der Waals surface area (Å²) < 4.78 is 97.4. The van der Waals surface area contributed by atoms with Gasteiger partial charge in [-0.15, -0.1) is 16.9 Å². The second-order valence-electron chi connectivity index (χ2n) is 13.2. The van der Waals surface area contributed by atoms with E-state index in [4.69, 9.17) is 9.47 Å². The van der Waals surface area contributed by atoms with Crippen LogP contribution in [0, 0.1) is 17.5 Å². The highest BCUT2D eigenvalue weighted by molar-refractivity contribution is 8.00. The number of halogens is 6. The van der Waals surface area contributed by atoms with Crippen molar-refractivity contribution in [2.24, 2.45) is 0 Å². The molecule has 2 aliphatic heterocycles. The number of aromatic nitrogens is 3. The Morgan fingerprint density at radius 2 is 1.60 bits per heavy atom. The number of ether oxygens (including phenoxy) is 2. The summed E-state index contributed by atoms with van der Waals surface area (Å²) in [7, 11) is 0. The largest absolute Gasteiger partial charge is 0.416 e. The number of hydrogen-bond acceptors (Lipinski definition) is 9. The van der Waals surface area contributed by atoms with E-state index >= 15 is 0 Å². The average molecular weight is 692 g/mol. The summed E-state index contributed by atoms with van der Waals surface area (Å²) >= 11 is 0.690. The molecule has 2 saturated heterocycles. The van der Waals surface area contributed by atoms with Gasteiger partial charge in [-0.25, -0.2) is 17.9 Å². The Morgan fingerprint density at radius 1 is 1.00 bits per heavy atom. The molecule has 1 aromatic heterocycles. The Hall–Kier alpha value is -2.73. The highest BCUT2D eigenvalue weighted by atomic mass is 32.2. The van der Waals surface area contributed by atoms with Gasteiger partial charge in [0, 0.05) is 18.4 Å². The normalized spacial score (nSPS) is 27.8. The predicted octanol–water partition coefficient (Wildman–Crippen LogP) is 4.93. The van der Waals surface area contributed by atoms with E-state index < -0.39 is 87.6 Å². The predicted molar refractivity (Wildman–Crippen MR) is 157 cm³/mol. The molecule has 0 radical (unpaired) electrons. The van der Waals surface area contributed by atoms with Crippen LogP contribution in [-0.4, -0.2) is 82.6 Å². The van der Waals surface area contributed by atoms with Gasteiger partial charge in [-0.1, -0.05) is 23.4 Å². The summed E-state index contributed by atoms with van der Waals surface area (Å²) in [6.45, 7) is 6.05. The number of benzene rings is 2. The monoisotopic (exact) mass is 691 g/mol. The van der Waals surface area contributed by atoms with E-state index in [0.717, 1.165) is 16.9 Å². The summed E-state index contributed by atoms with van der Waals surface area (Å²) in [6.07, 6.45) is -8.64. The zero-order valence-corrected chi connectivity index (χ0v) is 26.6. The topological polar surface area (TPSA) is 130 Å². The van der Waals surface area contributed by atoms with E-state index in [1.807, 2.05) is 0 Å². The first-order valence-corrected chi connectivity index (χ1v) is 15.6. The molecule has 0 aliphatic carbocycles. The van der Waals surface area contributed by atoms with Gasteiger partial charge in [0.25, 0.3) is 0 Å². The molecule has 0 unspecified atom stereocenters. The summed E-state index contributed by atoms with van der Waals surface area (Å²) in [6, 6.07) is 4.67. The van der Waals surface area contributed by atoms with Crippen molar-refractivity contribution in [2.75, 3.05) is 6.61 Å². The third kappa shape index (κ3) is 7.19. The third-order valence-electron chi connectivity index (χ3n) is 8.27. The molecular formula is C31H35F6N3O6S. The first-order valence-electron chi connectivity index (χ1n) is 14.7. The van der Waals surface area contributed by atoms with Crippen LogP contribution in [0.4, 0.5) is 26.3 Å².